The van der Waals surface area contributed by atoms with Gasteiger partial charge in [0.05, 0.1) is 22.7 Å². The summed E-state index contributed by atoms with van der Waals surface area (Å²) in [6.45, 7) is 15.1. The van der Waals surface area contributed by atoms with Gasteiger partial charge in [0.1, 0.15) is 11.1 Å². The minimum Gasteiger partial charge on any atom is -0.493 e. The number of hydrogen-bond acceptors (Lipinski definition) is 5. The van der Waals surface area contributed by atoms with Gasteiger partial charge in [0.15, 0.2) is 0 Å². The number of carbonyl (C=O) groups excluding carboxylic acids is 2. The molecule has 0 spiro atoms. The zero-order chi connectivity index (χ0) is 41.7. The van der Waals surface area contributed by atoms with Gasteiger partial charge in [0.25, 0.3) is 17.4 Å². The van der Waals surface area contributed by atoms with Crippen LogP contribution in [0.3, 0.4) is 0 Å². The number of hydrazine groups is 1. The quantitative estimate of drug-likeness (QED) is 0.0790. The minimum absolute atomic E-state index is 0. The van der Waals surface area contributed by atoms with Gasteiger partial charge in [-0.2, -0.15) is 0 Å². The predicted molar refractivity (Wildman–Crippen MR) is 260 cm³/mol. The third-order valence-corrected chi connectivity index (χ3v) is 9.62. The van der Waals surface area contributed by atoms with E-state index in [-0.39, 0.29) is 39.3 Å². The maximum atomic E-state index is 13.6. The van der Waals surface area contributed by atoms with Crippen LogP contribution in [0.15, 0.2) is 144 Å². The molecule has 5 aromatic rings. The molecule has 61 heavy (non-hydrogen) atoms. The average Bonchev–Trinajstić information content (AvgIpc) is 3.67. The normalized spacial score (nSPS) is 11.9. The summed E-state index contributed by atoms with van der Waals surface area (Å²) in [5, 5.41) is 13.8. The van der Waals surface area contributed by atoms with Crippen LogP contribution in [0.4, 0.5) is 11.4 Å². The van der Waals surface area contributed by atoms with Gasteiger partial charge in [-0.15, -0.1) is 0 Å². The van der Waals surface area contributed by atoms with Crippen molar-refractivity contribution in [3.63, 3.8) is 0 Å². The molecule has 0 bridgehead atoms. The number of carbonyl (C=O) groups is 2. The first-order chi connectivity index (χ1) is 28.3. The number of anilines is 2. The monoisotopic (exact) mass is 832 g/mol. The second kappa shape index (κ2) is 28.5. The number of benzene rings is 4. The van der Waals surface area contributed by atoms with Crippen LogP contribution in [0, 0.1) is 0 Å². The van der Waals surface area contributed by atoms with E-state index in [4.69, 9.17) is 0 Å². The molecule has 2 heterocycles. The number of unbranched alkanes of at least 4 members (excludes halogenated alkanes) is 4. The largest absolute Gasteiger partial charge is 0.493 e. The van der Waals surface area contributed by atoms with E-state index in [0.29, 0.717) is 22.7 Å². The molecule has 0 aliphatic carbocycles. The Kier molecular flexibility index (Phi) is 24.8. The molecule has 330 valence electrons. The zero-order valence-corrected chi connectivity index (χ0v) is 35.0. The number of amides is 2. The highest BCUT2D eigenvalue weighted by molar-refractivity contribution is 6.36. The van der Waals surface area contributed by atoms with Gasteiger partial charge < -0.3 is 10.0 Å². The first-order valence-corrected chi connectivity index (χ1v) is 20.9. The van der Waals surface area contributed by atoms with Crippen molar-refractivity contribution in [1.29, 1.82) is 0 Å². The number of rotatable bonds is 16. The molecule has 1 aliphatic heterocycles. The van der Waals surface area contributed by atoms with Gasteiger partial charge in [0, 0.05) is 0 Å². The number of para-hydroxylation sites is 4. The Morgan fingerprint density at radius 2 is 0.836 bits per heavy atom. The van der Waals surface area contributed by atoms with Crippen molar-refractivity contribution in [2.45, 2.75) is 108 Å². The molecular formula is C52H73N5O4. The second-order valence-electron chi connectivity index (χ2n) is 14.1. The van der Waals surface area contributed by atoms with Gasteiger partial charge in [-0.05, 0) is 99.6 Å². The molecule has 0 atom stereocenters. The van der Waals surface area contributed by atoms with E-state index in [9.17, 15) is 19.5 Å². The Morgan fingerprint density at radius 1 is 0.492 bits per heavy atom. The SMILES string of the molecule is C.C.C.CCCC.CCCCN(CCCC)CCCC.O=C1C(=CC=Cc2c(O)n(-c3ccccc3)n(-c3ccccc3)c2=O)C(=O)N(c2ccccc2)N1c1ccccc1. The van der Waals surface area contributed by atoms with Crippen LogP contribution in [-0.2, 0) is 9.59 Å². The predicted octanol–water partition coefficient (Wildman–Crippen LogP) is 12.7. The van der Waals surface area contributed by atoms with E-state index < -0.39 is 17.4 Å². The van der Waals surface area contributed by atoms with E-state index >= 15 is 0 Å². The Hall–Kier alpha value is -5.93. The maximum Gasteiger partial charge on any atom is 0.283 e. The van der Waals surface area contributed by atoms with Gasteiger partial charge in [-0.25, -0.2) is 19.4 Å². The number of allylic oxidation sites excluding steroid dienone is 2. The van der Waals surface area contributed by atoms with Crippen molar-refractivity contribution < 1.29 is 14.7 Å². The Morgan fingerprint density at radius 3 is 1.18 bits per heavy atom. The van der Waals surface area contributed by atoms with Crippen molar-refractivity contribution in [3.05, 3.63) is 155 Å². The molecule has 0 saturated carbocycles. The Bertz CT molecular complexity index is 2010. The molecule has 1 aliphatic rings. The molecular weight excluding hydrogens is 759 g/mol. The van der Waals surface area contributed by atoms with Crippen molar-refractivity contribution in [2.75, 3.05) is 29.7 Å². The molecule has 2 amide bonds. The molecule has 1 saturated heterocycles. The van der Waals surface area contributed by atoms with E-state index in [2.05, 4.69) is 39.5 Å². The van der Waals surface area contributed by atoms with Crippen LogP contribution >= 0.6 is 0 Å². The minimum atomic E-state index is -0.512. The summed E-state index contributed by atoms with van der Waals surface area (Å²) >= 11 is 0. The van der Waals surface area contributed by atoms with Crippen LogP contribution in [0.1, 0.15) is 114 Å². The molecule has 6 rings (SSSR count). The highest BCUT2D eigenvalue weighted by Crippen LogP contribution is 2.32. The number of aromatic hydroxyl groups is 1. The van der Waals surface area contributed by atoms with Crippen LogP contribution in [-0.4, -0.2) is 50.8 Å². The lowest BCUT2D eigenvalue weighted by Crippen LogP contribution is -2.41. The van der Waals surface area contributed by atoms with Crippen LogP contribution in [0.25, 0.3) is 17.5 Å². The van der Waals surface area contributed by atoms with Crippen molar-refractivity contribution in [2.24, 2.45) is 0 Å². The summed E-state index contributed by atoms with van der Waals surface area (Å²) in [6, 6.07) is 35.8. The standard InChI is InChI=1S/C33H24N4O4.C12H27N.C4H10.3CH4/c38-30-28(31(39)35(25-16-7-2-8-17-25)34(30)24-14-5-1-6-15-24)22-13-23-29-32(40)36(26-18-9-3-10-19-26)37(33(29)41)27-20-11-4-12-21-27;1-4-7-10-13(11-8-5-2)12-9-6-3;1-3-4-2;;;/h1-23,38H;4-12H2,1-3H3;3-4H2,1-2H3;3*1H4. The van der Waals surface area contributed by atoms with Crippen LogP contribution in [0.2, 0.25) is 0 Å². The smallest absolute Gasteiger partial charge is 0.283 e. The highest BCUT2D eigenvalue weighted by atomic mass is 16.3. The zero-order valence-electron chi connectivity index (χ0n) is 35.0. The van der Waals surface area contributed by atoms with Gasteiger partial charge in [-0.3, -0.25) is 14.4 Å². The average molecular weight is 832 g/mol. The first-order valence-electron chi connectivity index (χ1n) is 20.9. The highest BCUT2D eigenvalue weighted by Gasteiger charge is 2.42. The number of aromatic nitrogens is 2. The lowest BCUT2D eigenvalue weighted by atomic mass is 10.2. The third kappa shape index (κ3) is 14.4. The van der Waals surface area contributed by atoms with E-state index in [1.165, 1.54) is 109 Å². The molecule has 4 aromatic carbocycles. The molecule has 9 nitrogen and oxygen atoms in total. The van der Waals surface area contributed by atoms with Crippen molar-refractivity contribution >= 4 is 29.3 Å². The molecule has 1 fully saturated rings. The topological polar surface area (TPSA) is 91.0 Å². The van der Waals surface area contributed by atoms with Gasteiger partial charge >= 0.3 is 0 Å². The summed E-state index contributed by atoms with van der Waals surface area (Å²) in [4.78, 5) is 43.3. The van der Waals surface area contributed by atoms with Gasteiger partial charge in [-0.1, -0.05) is 168 Å². The maximum absolute atomic E-state index is 13.6. The van der Waals surface area contributed by atoms with E-state index in [1.54, 1.807) is 84.9 Å². The van der Waals surface area contributed by atoms with E-state index in [0.717, 1.165) is 0 Å². The summed E-state index contributed by atoms with van der Waals surface area (Å²) in [6.07, 6.45) is 14.9. The molecule has 0 radical (unpaired) electrons. The third-order valence-electron chi connectivity index (χ3n) is 9.62. The summed E-state index contributed by atoms with van der Waals surface area (Å²) in [5.74, 6) is -1.30. The second-order valence-corrected chi connectivity index (χ2v) is 14.1. The lowest BCUT2D eigenvalue weighted by Gasteiger charge is -2.27. The Balaban J connectivity index is 0.000000794. The fraction of sp³-hybridized carbons (Fsp3) is 0.365. The Labute approximate surface area is 367 Å². The molecule has 1 N–H and O–H groups in total. The fourth-order valence-corrected chi connectivity index (χ4v) is 6.23. The molecule has 9 heteroatoms. The van der Waals surface area contributed by atoms with E-state index in [1.807, 2.05) is 36.4 Å². The van der Waals surface area contributed by atoms with Gasteiger partial charge in [0.2, 0.25) is 5.88 Å². The van der Waals surface area contributed by atoms with Crippen LogP contribution in [0.5, 0.6) is 5.88 Å². The number of nitrogens with zero attached hydrogens (tertiary/aromatic N) is 5. The molecule has 0 unspecified atom stereocenters. The summed E-state index contributed by atoms with van der Waals surface area (Å²) < 4.78 is 2.79. The van der Waals surface area contributed by atoms with Crippen molar-refractivity contribution in [1.82, 2.24) is 14.3 Å². The first kappa shape index (κ1) is 53.1. The van der Waals surface area contributed by atoms with Crippen LogP contribution < -0.4 is 15.6 Å². The fourth-order valence-electron chi connectivity index (χ4n) is 6.23. The van der Waals surface area contributed by atoms with Crippen molar-refractivity contribution in [3.8, 4) is 17.3 Å². The molecule has 1 aromatic heterocycles. The summed E-state index contributed by atoms with van der Waals surface area (Å²) in [5.41, 5.74) is 1.67. The number of hydrogen-bond donors (Lipinski definition) is 1. The summed E-state index contributed by atoms with van der Waals surface area (Å²) in [7, 11) is 0. The lowest BCUT2D eigenvalue weighted by molar-refractivity contribution is -0.116.